The molecule has 0 spiro atoms. The minimum Gasteiger partial charge on any atom is -0.374 e. The maximum absolute atomic E-state index is 15.0. The third-order valence-electron chi connectivity index (χ3n) is 5.24. The summed E-state index contributed by atoms with van der Waals surface area (Å²) in [4.78, 5) is 14.9. The summed E-state index contributed by atoms with van der Waals surface area (Å²) in [5, 5.41) is 20.8. The Kier molecular flexibility index (Phi) is 6.18. The minimum absolute atomic E-state index is 0.0653. The van der Waals surface area contributed by atoms with Crippen LogP contribution in [-0.4, -0.2) is 28.7 Å². The van der Waals surface area contributed by atoms with Crippen LogP contribution in [0.3, 0.4) is 0 Å². The fourth-order valence-electron chi connectivity index (χ4n) is 3.58. The predicted molar refractivity (Wildman–Crippen MR) is 113 cm³/mol. The summed E-state index contributed by atoms with van der Waals surface area (Å²) in [6, 6.07) is 6.51. The number of aliphatic hydroxyl groups is 1. The molecule has 2 aromatic carbocycles. The number of carbonyl (C=O) groups is 1. The molecule has 1 atom stereocenters. The number of carbonyl (C=O) groups excluding carboxylic acids is 1. The van der Waals surface area contributed by atoms with Crippen molar-refractivity contribution in [2.24, 2.45) is 0 Å². The second-order valence-electron chi connectivity index (χ2n) is 7.65. The van der Waals surface area contributed by atoms with Gasteiger partial charge in [0.2, 0.25) is 0 Å². The second-order valence-corrected chi connectivity index (χ2v) is 8.01. The molecule has 2 aromatic rings. The lowest BCUT2D eigenvalue weighted by molar-refractivity contribution is -0.140. The van der Waals surface area contributed by atoms with Crippen molar-refractivity contribution >= 4 is 34.6 Å². The number of hydrogen-bond acceptors (Lipinski definition) is 5. The number of aliphatic hydroxyl groups excluding tert-OH is 1. The maximum Gasteiger partial charge on any atom is 0.420 e. The molecule has 0 bridgehead atoms. The van der Waals surface area contributed by atoms with Gasteiger partial charge in [0.25, 0.3) is 5.91 Å². The van der Waals surface area contributed by atoms with Gasteiger partial charge in [-0.2, -0.15) is 18.4 Å². The lowest BCUT2D eigenvalue weighted by Crippen LogP contribution is -2.44. The number of rotatable bonds is 4. The molecule has 0 radical (unpaired) electrons. The van der Waals surface area contributed by atoms with Crippen molar-refractivity contribution in [1.82, 2.24) is 5.32 Å². The van der Waals surface area contributed by atoms with E-state index >= 15 is 4.39 Å². The van der Waals surface area contributed by atoms with Crippen molar-refractivity contribution in [3.8, 4) is 6.07 Å². The highest BCUT2D eigenvalue weighted by Gasteiger charge is 2.52. The monoisotopic (exact) mass is 484 g/mol. The molecule has 33 heavy (non-hydrogen) atoms. The van der Waals surface area contributed by atoms with Gasteiger partial charge in [0.05, 0.1) is 17.3 Å². The lowest BCUT2D eigenvalue weighted by atomic mass is 10.0. The number of nitrogens with one attached hydrogen (secondary N) is 1. The fraction of sp³-hybridized carbons (Fsp3) is 0.286. The summed E-state index contributed by atoms with van der Waals surface area (Å²) < 4.78 is 69.9. The lowest BCUT2D eigenvalue weighted by Gasteiger charge is -2.29. The summed E-state index contributed by atoms with van der Waals surface area (Å²) in [5.41, 5.74) is -5.08. The summed E-state index contributed by atoms with van der Waals surface area (Å²) in [5.74, 6) is -3.51. The molecule has 1 aliphatic heterocycles. The van der Waals surface area contributed by atoms with E-state index in [0.29, 0.717) is 4.90 Å². The van der Waals surface area contributed by atoms with E-state index in [0.717, 1.165) is 18.2 Å². The Hall–Kier alpha value is -3.14. The van der Waals surface area contributed by atoms with E-state index in [1.807, 2.05) is 0 Å². The van der Waals surface area contributed by atoms with Crippen LogP contribution >= 0.6 is 12.2 Å². The molecule has 0 aliphatic carbocycles. The number of amides is 1. The fourth-order valence-corrected chi connectivity index (χ4v) is 4.10. The van der Waals surface area contributed by atoms with Gasteiger partial charge in [-0.15, -0.1) is 0 Å². The van der Waals surface area contributed by atoms with Crippen LogP contribution in [0.2, 0.25) is 0 Å². The van der Waals surface area contributed by atoms with E-state index in [-0.39, 0.29) is 16.4 Å². The zero-order chi connectivity index (χ0) is 24.9. The smallest absolute Gasteiger partial charge is 0.374 e. The molecule has 1 fully saturated rings. The molecule has 6 nitrogen and oxygen atoms in total. The summed E-state index contributed by atoms with van der Waals surface area (Å²) >= 11 is 5.29. The van der Waals surface area contributed by atoms with Crippen molar-refractivity contribution in [2.45, 2.75) is 31.8 Å². The van der Waals surface area contributed by atoms with Crippen molar-refractivity contribution in [2.75, 3.05) is 16.8 Å². The average molecular weight is 484 g/mol. The van der Waals surface area contributed by atoms with Crippen LogP contribution in [0.25, 0.3) is 0 Å². The number of thiocarbonyl (C=S) groups is 1. The average Bonchev–Trinajstić information content (AvgIpc) is 2.90. The maximum atomic E-state index is 15.0. The first kappa shape index (κ1) is 24.5. The van der Waals surface area contributed by atoms with E-state index in [1.54, 1.807) is 0 Å². The van der Waals surface area contributed by atoms with Gasteiger partial charge in [-0.25, -0.2) is 8.78 Å². The predicted octanol–water partition coefficient (Wildman–Crippen LogP) is 3.98. The van der Waals surface area contributed by atoms with Gasteiger partial charge < -0.3 is 10.0 Å². The molecule has 3 rings (SSSR count). The first-order valence-corrected chi connectivity index (χ1v) is 9.81. The van der Waals surface area contributed by atoms with Crippen LogP contribution in [0.15, 0.2) is 30.3 Å². The molecule has 0 aromatic heterocycles. The van der Waals surface area contributed by atoms with Gasteiger partial charge in [0, 0.05) is 11.3 Å². The number of nitriles is 1. The molecule has 2 N–H and O–H groups in total. The van der Waals surface area contributed by atoms with E-state index in [9.17, 15) is 27.5 Å². The van der Waals surface area contributed by atoms with Gasteiger partial charge in [0.15, 0.2) is 10.9 Å². The molecule has 1 saturated heterocycles. The summed E-state index contributed by atoms with van der Waals surface area (Å²) in [6.07, 6.45) is -6.50. The van der Waals surface area contributed by atoms with E-state index < -0.39 is 52.3 Å². The van der Waals surface area contributed by atoms with Gasteiger partial charge in [-0.05, 0) is 57.4 Å². The standard InChI is InChI=1S/C21H17F5N4O2S/c1-20(2)18(32)29(14-7-4-10(9-27)15(16(14)23)21(24,25)26)19(33)30(20)11-5-6-12(13(22)8-11)17(31)28-3/h4-8,17,28,31H,1-3H3. The SMILES string of the molecule is CNC(O)c1ccc(N2C(=S)N(c3ccc(C#N)c(C(F)(F)F)c3F)C(=O)C2(C)C)cc1F. The highest BCUT2D eigenvalue weighted by Crippen LogP contribution is 2.42. The largest absolute Gasteiger partial charge is 0.420 e. The van der Waals surface area contributed by atoms with Crippen LogP contribution in [-0.2, 0) is 11.0 Å². The van der Waals surface area contributed by atoms with Gasteiger partial charge in [-0.1, -0.05) is 6.07 Å². The molecular weight excluding hydrogens is 467 g/mol. The van der Waals surface area contributed by atoms with Gasteiger partial charge in [-0.3, -0.25) is 15.0 Å². The Bertz CT molecular complexity index is 1190. The third kappa shape index (κ3) is 3.92. The highest BCUT2D eigenvalue weighted by molar-refractivity contribution is 7.81. The normalized spacial score (nSPS) is 16.8. The van der Waals surface area contributed by atoms with E-state index in [2.05, 4.69) is 5.32 Å². The van der Waals surface area contributed by atoms with E-state index in [4.69, 9.17) is 17.5 Å². The summed E-state index contributed by atoms with van der Waals surface area (Å²) in [6.45, 7) is 2.78. The topological polar surface area (TPSA) is 79.6 Å². The molecule has 174 valence electrons. The van der Waals surface area contributed by atoms with Crippen molar-refractivity contribution in [3.63, 3.8) is 0 Å². The Morgan fingerprint density at radius 3 is 2.36 bits per heavy atom. The molecular formula is C21H17F5N4O2S. The van der Waals surface area contributed by atoms with Crippen molar-refractivity contribution in [1.29, 1.82) is 5.26 Å². The number of halogens is 5. The first-order valence-electron chi connectivity index (χ1n) is 9.40. The minimum atomic E-state index is -5.20. The highest BCUT2D eigenvalue weighted by atomic mass is 32.1. The van der Waals surface area contributed by atoms with Crippen molar-refractivity contribution in [3.05, 3.63) is 58.7 Å². The van der Waals surface area contributed by atoms with Gasteiger partial charge >= 0.3 is 6.18 Å². The number of alkyl halides is 3. The van der Waals surface area contributed by atoms with Crippen LogP contribution in [0.1, 0.15) is 36.8 Å². The van der Waals surface area contributed by atoms with Crippen LogP contribution < -0.4 is 15.1 Å². The zero-order valence-electron chi connectivity index (χ0n) is 17.5. The molecule has 1 heterocycles. The number of benzene rings is 2. The van der Waals surface area contributed by atoms with Gasteiger partial charge in [0.1, 0.15) is 23.1 Å². The quantitative estimate of drug-likeness (QED) is 0.388. The Labute approximate surface area is 190 Å². The van der Waals surface area contributed by atoms with Crippen molar-refractivity contribution < 1.29 is 31.9 Å². The Balaban J connectivity index is 2.14. The molecule has 0 saturated carbocycles. The molecule has 1 amide bonds. The number of nitrogens with zero attached hydrogens (tertiary/aromatic N) is 3. The summed E-state index contributed by atoms with van der Waals surface area (Å²) in [7, 11) is 1.41. The Morgan fingerprint density at radius 1 is 1.21 bits per heavy atom. The molecule has 1 aliphatic rings. The van der Waals surface area contributed by atoms with E-state index in [1.165, 1.54) is 44.0 Å². The van der Waals surface area contributed by atoms with Crippen LogP contribution in [0.4, 0.5) is 33.3 Å². The number of anilines is 2. The number of hydrogen-bond donors (Lipinski definition) is 2. The van der Waals surface area contributed by atoms with Crippen LogP contribution in [0.5, 0.6) is 0 Å². The second kappa shape index (κ2) is 8.33. The first-order chi connectivity index (χ1) is 15.3. The molecule has 1 unspecified atom stereocenters. The third-order valence-corrected chi connectivity index (χ3v) is 5.61. The zero-order valence-corrected chi connectivity index (χ0v) is 18.3. The molecule has 12 heteroatoms. The van der Waals surface area contributed by atoms with Crippen LogP contribution in [0, 0.1) is 23.0 Å². The Morgan fingerprint density at radius 2 is 1.85 bits per heavy atom.